The van der Waals surface area contributed by atoms with Crippen molar-refractivity contribution in [3.63, 3.8) is 0 Å². The molecule has 0 saturated carbocycles. The van der Waals surface area contributed by atoms with Crippen molar-refractivity contribution in [2.45, 2.75) is 6.04 Å². The maximum absolute atomic E-state index is 13.3. The van der Waals surface area contributed by atoms with Crippen LogP contribution in [0, 0.1) is 5.82 Å². The summed E-state index contributed by atoms with van der Waals surface area (Å²) >= 11 is 0. The van der Waals surface area contributed by atoms with Crippen molar-refractivity contribution in [2.24, 2.45) is 0 Å². The third kappa shape index (κ3) is 5.41. The van der Waals surface area contributed by atoms with Gasteiger partial charge in [0.25, 0.3) is 5.91 Å². The molecule has 1 atom stereocenters. The third-order valence-electron chi connectivity index (χ3n) is 4.68. The molecule has 3 rings (SSSR count). The predicted octanol–water partition coefficient (Wildman–Crippen LogP) is 3.19. The molecule has 2 aromatic rings. The molecule has 1 fully saturated rings. The lowest BCUT2D eigenvalue weighted by Gasteiger charge is -2.35. The predicted molar refractivity (Wildman–Crippen MR) is 106 cm³/mol. The number of carbonyl (C=O) groups excluding carboxylic acids is 1. The van der Waals surface area contributed by atoms with Gasteiger partial charge in [-0.3, -0.25) is 9.69 Å². The van der Waals surface area contributed by atoms with Gasteiger partial charge in [0.15, 0.2) is 0 Å². The van der Waals surface area contributed by atoms with Gasteiger partial charge < -0.3 is 14.8 Å². The molecule has 6 heteroatoms. The standard InChI is InChI=1S/C22H25FN2O3/c1-2-13-28-20-9-5-18(6-10-20)22(26)24-16-21(25-11-14-27-15-12-25)17-3-7-19(23)8-4-17/h2-10,21H,1,11-16H2,(H,24,26). The van der Waals surface area contributed by atoms with Crippen molar-refractivity contribution in [1.29, 1.82) is 0 Å². The highest BCUT2D eigenvalue weighted by atomic mass is 19.1. The van der Waals surface area contributed by atoms with E-state index < -0.39 is 0 Å². The molecule has 5 nitrogen and oxygen atoms in total. The van der Waals surface area contributed by atoms with Crippen LogP contribution in [0.2, 0.25) is 0 Å². The van der Waals surface area contributed by atoms with E-state index in [0.717, 1.165) is 18.7 Å². The number of hydrogen-bond donors (Lipinski definition) is 1. The summed E-state index contributed by atoms with van der Waals surface area (Å²) in [5.41, 5.74) is 1.53. The Balaban J connectivity index is 1.65. The van der Waals surface area contributed by atoms with E-state index in [-0.39, 0.29) is 17.8 Å². The van der Waals surface area contributed by atoms with Gasteiger partial charge in [0.1, 0.15) is 18.2 Å². The van der Waals surface area contributed by atoms with Crippen molar-refractivity contribution in [3.05, 3.63) is 78.1 Å². The zero-order chi connectivity index (χ0) is 19.8. The molecule has 1 N–H and O–H groups in total. The van der Waals surface area contributed by atoms with Gasteiger partial charge in [0.05, 0.1) is 19.3 Å². The van der Waals surface area contributed by atoms with E-state index >= 15 is 0 Å². The van der Waals surface area contributed by atoms with Crippen molar-refractivity contribution in [1.82, 2.24) is 10.2 Å². The number of halogens is 1. The number of rotatable bonds is 8. The number of ether oxygens (including phenoxy) is 2. The average molecular weight is 384 g/mol. The quantitative estimate of drug-likeness (QED) is 0.710. The van der Waals surface area contributed by atoms with Crippen LogP contribution in [-0.2, 0) is 4.74 Å². The Morgan fingerprint density at radius 1 is 1.18 bits per heavy atom. The van der Waals surface area contributed by atoms with E-state index in [1.165, 1.54) is 12.1 Å². The first-order valence-electron chi connectivity index (χ1n) is 9.36. The summed E-state index contributed by atoms with van der Waals surface area (Å²) in [5.74, 6) is 0.261. The minimum Gasteiger partial charge on any atom is -0.490 e. The first-order valence-corrected chi connectivity index (χ1v) is 9.36. The largest absolute Gasteiger partial charge is 0.490 e. The monoisotopic (exact) mass is 384 g/mol. The minimum atomic E-state index is -0.271. The highest BCUT2D eigenvalue weighted by Crippen LogP contribution is 2.22. The Hall–Kier alpha value is -2.70. The fraction of sp³-hybridized carbons (Fsp3) is 0.318. The lowest BCUT2D eigenvalue weighted by Crippen LogP contribution is -2.43. The Morgan fingerprint density at radius 3 is 2.50 bits per heavy atom. The SMILES string of the molecule is C=CCOc1ccc(C(=O)NCC(c2ccc(F)cc2)N2CCOCC2)cc1. The highest BCUT2D eigenvalue weighted by Gasteiger charge is 2.23. The Kier molecular flexibility index (Phi) is 7.17. The maximum atomic E-state index is 13.3. The van der Waals surface area contributed by atoms with Gasteiger partial charge in [-0.15, -0.1) is 0 Å². The molecule has 0 radical (unpaired) electrons. The molecule has 1 saturated heterocycles. The van der Waals surface area contributed by atoms with Crippen molar-refractivity contribution in [3.8, 4) is 5.75 Å². The van der Waals surface area contributed by atoms with Crippen molar-refractivity contribution in [2.75, 3.05) is 39.5 Å². The van der Waals surface area contributed by atoms with Gasteiger partial charge in [-0.25, -0.2) is 4.39 Å². The van der Waals surface area contributed by atoms with Crippen LogP contribution in [0.1, 0.15) is 22.0 Å². The van der Waals surface area contributed by atoms with E-state index in [1.54, 1.807) is 42.5 Å². The van der Waals surface area contributed by atoms with Crippen molar-refractivity contribution >= 4 is 5.91 Å². The molecule has 1 aliphatic rings. The molecule has 1 unspecified atom stereocenters. The number of amides is 1. The van der Waals surface area contributed by atoms with Gasteiger partial charge in [-0.05, 0) is 42.0 Å². The summed E-state index contributed by atoms with van der Waals surface area (Å²) in [6.07, 6.45) is 1.67. The summed E-state index contributed by atoms with van der Waals surface area (Å²) < 4.78 is 24.2. The Morgan fingerprint density at radius 2 is 1.86 bits per heavy atom. The molecule has 1 amide bonds. The second kappa shape index (κ2) is 10.0. The summed E-state index contributed by atoms with van der Waals surface area (Å²) in [6, 6.07) is 13.4. The zero-order valence-electron chi connectivity index (χ0n) is 15.8. The van der Waals surface area contributed by atoms with Crippen LogP contribution < -0.4 is 10.1 Å². The summed E-state index contributed by atoms with van der Waals surface area (Å²) in [7, 11) is 0. The maximum Gasteiger partial charge on any atom is 0.251 e. The molecule has 2 aromatic carbocycles. The molecule has 0 aromatic heterocycles. The van der Waals surface area contributed by atoms with Gasteiger partial charge in [0.2, 0.25) is 0 Å². The molecule has 1 aliphatic heterocycles. The topological polar surface area (TPSA) is 50.8 Å². The van der Waals surface area contributed by atoms with E-state index in [2.05, 4.69) is 16.8 Å². The van der Waals surface area contributed by atoms with Crippen LogP contribution in [-0.4, -0.2) is 50.3 Å². The Bertz CT molecular complexity index is 771. The number of nitrogens with zero attached hydrogens (tertiary/aromatic N) is 1. The lowest BCUT2D eigenvalue weighted by atomic mass is 10.0. The van der Waals surface area contributed by atoms with Crippen molar-refractivity contribution < 1.29 is 18.7 Å². The highest BCUT2D eigenvalue weighted by molar-refractivity contribution is 5.94. The number of hydrogen-bond acceptors (Lipinski definition) is 4. The van der Waals surface area contributed by atoms with Crippen LogP contribution in [0.25, 0.3) is 0 Å². The second-order valence-corrected chi connectivity index (χ2v) is 6.55. The summed E-state index contributed by atoms with van der Waals surface area (Å²) in [4.78, 5) is 14.8. The summed E-state index contributed by atoms with van der Waals surface area (Å²) in [5, 5.41) is 3.00. The van der Waals surface area contributed by atoms with E-state index in [9.17, 15) is 9.18 Å². The van der Waals surface area contributed by atoms with Crippen LogP contribution in [0.4, 0.5) is 4.39 Å². The fourth-order valence-corrected chi connectivity index (χ4v) is 3.18. The molecule has 0 bridgehead atoms. The van der Waals surface area contributed by atoms with Gasteiger partial charge in [0, 0.05) is 25.2 Å². The lowest BCUT2D eigenvalue weighted by molar-refractivity contribution is 0.0162. The van der Waals surface area contributed by atoms with Crippen LogP contribution in [0.3, 0.4) is 0 Å². The van der Waals surface area contributed by atoms with E-state index in [1.807, 2.05) is 0 Å². The smallest absolute Gasteiger partial charge is 0.251 e. The number of benzene rings is 2. The average Bonchev–Trinajstić information content (AvgIpc) is 2.74. The van der Waals surface area contributed by atoms with Gasteiger partial charge >= 0.3 is 0 Å². The van der Waals surface area contributed by atoms with Crippen LogP contribution in [0.5, 0.6) is 5.75 Å². The normalized spacial score (nSPS) is 15.6. The molecule has 148 valence electrons. The zero-order valence-corrected chi connectivity index (χ0v) is 15.8. The van der Waals surface area contributed by atoms with E-state index in [4.69, 9.17) is 9.47 Å². The van der Waals surface area contributed by atoms with Crippen LogP contribution >= 0.6 is 0 Å². The first kappa shape index (κ1) is 20.0. The number of morpholine rings is 1. The van der Waals surface area contributed by atoms with Crippen LogP contribution in [0.15, 0.2) is 61.2 Å². The molecular weight excluding hydrogens is 359 g/mol. The molecular formula is C22H25FN2O3. The second-order valence-electron chi connectivity index (χ2n) is 6.55. The van der Waals surface area contributed by atoms with Gasteiger partial charge in [-0.2, -0.15) is 0 Å². The number of carbonyl (C=O) groups is 1. The molecule has 0 aliphatic carbocycles. The molecule has 28 heavy (non-hydrogen) atoms. The summed E-state index contributed by atoms with van der Waals surface area (Å²) in [6.45, 7) is 7.30. The Labute approximate surface area is 164 Å². The minimum absolute atomic E-state index is 0.0383. The number of nitrogens with one attached hydrogen (secondary N) is 1. The van der Waals surface area contributed by atoms with E-state index in [0.29, 0.717) is 37.7 Å². The third-order valence-corrected chi connectivity index (χ3v) is 4.68. The fourth-order valence-electron chi connectivity index (χ4n) is 3.18. The molecule has 0 spiro atoms. The molecule has 1 heterocycles. The van der Waals surface area contributed by atoms with Gasteiger partial charge in [-0.1, -0.05) is 24.8 Å². The first-order chi connectivity index (χ1) is 13.7.